The first-order valence-electron chi connectivity index (χ1n) is 2.72. The number of halogens is 2. The lowest BCUT2D eigenvalue weighted by molar-refractivity contribution is 0.525. The van der Waals surface area contributed by atoms with E-state index >= 15 is 0 Å². The Morgan fingerprint density at radius 2 is 1.91 bits per heavy atom. The second-order valence-electron chi connectivity index (χ2n) is 1.83. The third-order valence-corrected chi connectivity index (χ3v) is 1.06. The lowest BCUT2D eigenvalue weighted by atomic mass is 10.5. The Kier molecular flexibility index (Phi) is 1.77. The molecule has 0 saturated carbocycles. The third kappa shape index (κ3) is 1.29. The molecular formula is C6H3F2N3. The first kappa shape index (κ1) is 7.54. The molecule has 3 nitrogen and oxygen atoms in total. The predicted molar refractivity (Wildman–Crippen MR) is 32.9 cm³/mol. The first-order valence-corrected chi connectivity index (χ1v) is 2.72. The van der Waals surface area contributed by atoms with Gasteiger partial charge in [0, 0.05) is 0 Å². The van der Waals surface area contributed by atoms with Gasteiger partial charge in [0.25, 0.3) is 0 Å². The highest BCUT2D eigenvalue weighted by Crippen LogP contribution is 2.13. The Balaban J connectivity index is 3.35. The van der Waals surface area contributed by atoms with Crippen LogP contribution < -0.4 is 0 Å². The van der Waals surface area contributed by atoms with Gasteiger partial charge < -0.3 is 4.85 Å². The van der Waals surface area contributed by atoms with E-state index in [9.17, 15) is 8.78 Å². The highest BCUT2D eigenvalue weighted by molar-refractivity contribution is 5.33. The second-order valence-corrected chi connectivity index (χ2v) is 1.83. The summed E-state index contributed by atoms with van der Waals surface area (Å²) in [4.78, 5) is 8.79. The van der Waals surface area contributed by atoms with Crippen molar-refractivity contribution in [3.63, 3.8) is 0 Å². The van der Waals surface area contributed by atoms with E-state index < -0.39 is 17.7 Å². The summed E-state index contributed by atoms with van der Waals surface area (Å²) < 4.78 is 24.9. The molecule has 0 N–H and O–H groups in total. The minimum Gasteiger partial charge on any atom is -0.357 e. The van der Waals surface area contributed by atoms with Crippen LogP contribution in [0, 0.1) is 25.4 Å². The summed E-state index contributed by atoms with van der Waals surface area (Å²) in [6.45, 7) is 7.64. The fraction of sp³-hybridized carbons (Fsp3) is 0.167. The van der Waals surface area contributed by atoms with Crippen molar-refractivity contribution in [3.05, 3.63) is 29.0 Å². The van der Waals surface area contributed by atoms with Crippen molar-refractivity contribution in [1.29, 1.82) is 0 Å². The van der Waals surface area contributed by atoms with Crippen molar-refractivity contribution in [1.82, 2.24) is 9.97 Å². The number of rotatable bonds is 0. The van der Waals surface area contributed by atoms with Gasteiger partial charge >= 0.3 is 11.8 Å². The summed E-state index contributed by atoms with van der Waals surface area (Å²) >= 11 is 0. The van der Waals surface area contributed by atoms with Crippen LogP contribution in [0.1, 0.15) is 5.69 Å². The van der Waals surface area contributed by atoms with E-state index in [1.54, 1.807) is 0 Å². The maximum Gasteiger partial charge on any atom is 0.327 e. The van der Waals surface area contributed by atoms with E-state index in [0.29, 0.717) is 0 Å². The van der Waals surface area contributed by atoms with Gasteiger partial charge in [0.15, 0.2) is 0 Å². The molecule has 0 aliphatic carbocycles. The van der Waals surface area contributed by atoms with Crippen molar-refractivity contribution in [2.75, 3.05) is 0 Å². The van der Waals surface area contributed by atoms with Crippen molar-refractivity contribution >= 4 is 5.82 Å². The molecule has 0 atom stereocenters. The Bertz CT molecular complexity index is 329. The molecule has 1 aromatic rings. The van der Waals surface area contributed by atoms with Crippen LogP contribution in [0.2, 0.25) is 0 Å². The molecule has 1 aromatic heterocycles. The maximum absolute atomic E-state index is 12.5. The molecule has 0 aromatic carbocycles. The SMILES string of the molecule is [C-]#[N+]c1nc(F)c(C)nc1F. The topological polar surface area (TPSA) is 30.1 Å². The van der Waals surface area contributed by atoms with Gasteiger partial charge in [0.05, 0.1) is 0 Å². The molecular weight excluding hydrogens is 152 g/mol. The van der Waals surface area contributed by atoms with Crippen molar-refractivity contribution in [3.8, 4) is 0 Å². The fourth-order valence-electron chi connectivity index (χ4n) is 0.535. The maximum atomic E-state index is 12.5. The second kappa shape index (κ2) is 2.58. The normalized spacial score (nSPS) is 9.27. The molecule has 56 valence electrons. The molecule has 0 spiro atoms. The zero-order chi connectivity index (χ0) is 8.43. The minimum absolute atomic E-state index is 0.144. The van der Waals surface area contributed by atoms with E-state index in [-0.39, 0.29) is 5.69 Å². The van der Waals surface area contributed by atoms with Crippen molar-refractivity contribution < 1.29 is 8.78 Å². The smallest absolute Gasteiger partial charge is 0.327 e. The van der Waals surface area contributed by atoms with Gasteiger partial charge in [-0.3, -0.25) is 0 Å². The molecule has 0 aliphatic rings. The van der Waals surface area contributed by atoms with Crippen LogP contribution in [0.5, 0.6) is 0 Å². The predicted octanol–water partition coefficient (Wildman–Crippen LogP) is 1.61. The Hall–Kier alpha value is -1.57. The number of aromatic nitrogens is 2. The minimum atomic E-state index is -1.03. The molecule has 0 radical (unpaired) electrons. The lowest BCUT2D eigenvalue weighted by Gasteiger charge is -1.92. The summed E-state index contributed by atoms with van der Waals surface area (Å²) in [6.07, 6.45) is 0. The zero-order valence-corrected chi connectivity index (χ0v) is 5.60. The van der Waals surface area contributed by atoms with Gasteiger partial charge in [-0.15, -0.1) is 0 Å². The molecule has 11 heavy (non-hydrogen) atoms. The monoisotopic (exact) mass is 155 g/mol. The number of hydrogen-bond donors (Lipinski definition) is 0. The summed E-state index contributed by atoms with van der Waals surface area (Å²) in [5.41, 5.74) is -0.144. The summed E-state index contributed by atoms with van der Waals surface area (Å²) in [7, 11) is 0. The summed E-state index contributed by atoms with van der Waals surface area (Å²) in [5, 5.41) is 0. The van der Waals surface area contributed by atoms with Gasteiger partial charge in [0.1, 0.15) is 5.69 Å². The summed E-state index contributed by atoms with van der Waals surface area (Å²) in [6, 6.07) is 0. The van der Waals surface area contributed by atoms with E-state index in [2.05, 4.69) is 14.8 Å². The van der Waals surface area contributed by atoms with Crippen molar-refractivity contribution in [2.24, 2.45) is 0 Å². The number of aryl methyl sites for hydroxylation is 1. The van der Waals surface area contributed by atoms with Crippen LogP contribution in [0.25, 0.3) is 4.85 Å². The molecule has 0 bridgehead atoms. The highest BCUT2D eigenvalue weighted by atomic mass is 19.1. The number of hydrogen-bond acceptors (Lipinski definition) is 2. The van der Waals surface area contributed by atoms with Gasteiger partial charge in [-0.05, 0) is 6.92 Å². The van der Waals surface area contributed by atoms with Crippen LogP contribution >= 0.6 is 0 Å². The average Bonchev–Trinajstić information content (AvgIpc) is 1.97. The van der Waals surface area contributed by atoms with Crippen LogP contribution in [-0.4, -0.2) is 9.97 Å². The molecule has 0 fully saturated rings. The fourth-order valence-corrected chi connectivity index (χ4v) is 0.535. The Labute approximate surface area is 61.5 Å². The van der Waals surface area contributed by atoms with Crippen LogP contribution in [-0.2, 0) is 0 Å². The molecule has 5 heteroatoms. The van der Waals surface area contributed by atoms with E-state index in [4.69, 9.17) is 6.57 Å². The van der Waals surface area contributed by atoms with E-state index in [1.165, 1.54) is 6.92 Å². The molecule has 1 heterocycles. The Morgan fingerprint density at radius 3 is 2.45 bits per heavy atom. The quantitative estimate of drug-likeness (QED) is 0.533. The standard InChI is InChI=1S/C6H3F2N3/c1-3-4(7)11-6(9-2)5(8)10-3/h1H3. The van der Waals surface area contributed by atoms with Gasteiger partial charge in [-0.2, -0.15) is 8.78 Å². The van der Waals surface area contributed by atoms with E-state index in [1.807, 2.05) is 0 Å². The summed E-state index contributed by atoms with van der Waals surface area (Å²) in [5.74, 6) is -2.57. The van der Waals surface area contributed by atoms with Gasteiger partial charge in [0.2, 0.25) is 5.95 Å². The molecule has 0 saturated heterocycles. The molecule has 0 amide bonds. The Morgan fingerprint density at radius 1 is 1.27 bits per heavy atom. The third-order valence-electron chi connectivity index (χ3n) is 1.06. The van der Waals surface area contributed by atoms with Crippen LogP contribution in [0.15, 0.2) is 0 Å². The van der Waals surface area contributed by atoms with Gasteiger partial charge in [-0.1, -0.05) is 11.6 Å². The van der Waals surface area contributed by atoms with Crippen LogP contribution in [0.3, 0.4) is 0 Å². The average molecular weight is 155 g/mol. The molecule has 1 rings (SSSR count). The zero-order valence-electron chi connectivity index (χ0n) is 5.60. The van der Waals surface area contributed by atoms with Crippen LogP contribution in [0.4, 0.5) is 14.6 Å². The number of nitrogens with zero attached hydrogens (tertiary/aromatic N) is 3. The first-order chi connectivity index (χ1) is 5.15. The highest BCUT2D eigenvalue weighted by Gasteiger charge is 2.11. The van der Waals surface area contributed by atoms with Gasteiger partial charge in [-0.25, -0.2) is 4.98 Å². The van der Waals surface area contributed by atoms with E-state index in [0.717, 1.165) is 0 Å². The lowest BCUT2D eigenvalue weighted by Crippen LogP contribution is -1.95. The molecule has 0 unspecified atom stereocenters. The molecule has 0 aliphatic heterocycles. The largest absolute Gasteiger partial charge is 0.357 e. The van der Waals surface area contributed by atoms with Crippen molar-refractivity contribution in [2.45, 2.75) is 6.92 Å².